The monoisotopic (exact) mass is 281 g/mol. The standard InChI is InChI=1S/C14H16ClNO3/c15-12-3-1-2-11(8-12)13(17)9-16-6-4-10(5-7-16)14(18)19/h1-3,8,10H,4-7,9H2,(H,18,19). The van der Waals surface area contributed by atoms with Crippen LogP contribution in [0.25, 0.3) is 0 Å². The zero-order valence-electron chi connectivity index (χ0n) is 10.5. The van der Waals surface area contributed by atoms with Crippen molar-refractivity contribution in [3.63, 3.8) is 0 Å². The first kappa shape index (κ1) is 14.0. The molecule has 5 heteroatoms. The summed E-state index contributed by atoms with van der Waals surface area (Å²) in [5, 5.41) is 9.47. The number of halogens is 1. The van der Waals surface area contributed by atoms with Gasteiger partial charge in [0.1, 0.15) is 0 Å². The number of rotatable bonds is 4. The van der Waals surface area contributed by atoms with Gasteiger partial charge in [-0.3, -0.25) is 14.5 Å². The Morgan fingerprint density at radius 3 is 2.58 bits per heavy atom. The molecule has 0 aliphatic carbocycles. The lowest BCUT2D eigenvalue weighted by molar-refractivity contribution is -0.143. The number of benzene rings is 1. The number of hydrogen-bond acceptors (Lipinski definition) is 3. The zero-order valence-corrected chi connectivity index (χ0v) is 11.3. The SMILES string of the molecule is O=C(CN1CCC(C(=O)O)CC1)c1cccc(Cl)c1. The van der Waals surface area contributed by atoms with Crippen molar-refractivity contribution >= 4 is 23.4 Å². The molecule has 0 unspecified atom stereocenters. The van der Waals surface area contributed by atoms with Gasteiger partial charge in [-0.25, -0.2) is 0 Å². The Morgan fingerprint density at radius 1 is 1.32 bits per heavy atom. The summed E-state index contributed by atoms with van der Waals surface area (Å²) in [4.78, 5) is 24.9. The number of Topliss-reactive ketones (excluding diaryl/α,β-unsaturated/α-hetero) is 1. The number of nitrogens with zero attached hydrogens (tertiary/aromatic N) is 1. The predicted molar refractivity (Wildman–Crippen MR) is 72.6 cm³/mol. The maximum atomic E-state index is 12.1. The molecule has 0 bridgehead atoms. The number of aliphatic carboxylic acids is 1. The molecule has 1 aliphatic rings. The predicted octanol–water partition coefficient (Wildman–Crippen LogP) is 2.32. The van der Waals surface area contributed by atoms with Crippen LogP contribution in [0.1, 0.15) is 23.2 Å². The van der Waals surface area contributed by atoms with Crippen LogP contribution in [0.5, 0.6) is 0 Å². The molecule has 0 saturated carbocycles. The first-order valence-electron chi connectivity index (χ1n) is 6.30. The number of ketones is 1. The smallest absolute Gasteiger partial charge is 0.306 e. The molecule has 19 heavy (non-hydrogen) atoms. The second kappa shape index (κ2) is 6.17. The van der Waals surface area contributed by atoms with E-state index in [1.807, 2.05) is 4.90 Å². The molecule has 0 radical (unpaired) electrons. The molecule has 0 aromatic heterocycles. The van der Waals surface area contributed by atoms with E-state index in [0.717, 1.165) is 0 Å². The van der Waals surface area contributed by atoms with Crippen molar-refractivity contribution in [3.05, 3.63) is 34.9 Å². The highest BCUT2D eigenvalue weighted by atomic mass is 35.5. The Labute approximate surface area is 117 Å². The average molecular weight is 282 g/mol. The van der Waals surface area contributed by atoms with Crippen LogP contribution in [0.2, 0.25) is 5.02 Å². The summed E-state index contributed by atoms with van der Waals surface area (Å²) in [6.45, 7) is 1.64. The van der Waals surface area contributed by atoms with Gasteiger partial charge in [0, 0.05) is 10.6 Å². The van der Waals surface area contributed by atoms with Crippen LogP contribution in [0.4, 0.5) is 0 Å². The van der Waals surface area contributed by atoms with E-state index in [1.54, 1.807) is 24.3 Å². The fraction of sp³-hybridized carbons (Fsp3) is 0.429. The van der Waals surface area contributed by atoms with Gasteiger partial charge in [-0.2, -0.15) is 0 Å². The lowest BCUT2D eigenvalue weighted by atomic mass is 9.97. The van der Waals surface area contributed by atoms with Crippen LogP contribution < -0.4 is 0 Å². The number of carboxylic acid groups (broad SMARTS) is 1. The van der Waals surface area contributed by atoms with Gasteiger partial charge in [-0.15, -0.1) is 0 Å². The summed E-state index contributed by atoms with van der Waals surface area (Å²) < 4.78 is 0. The fourth-order valence-corrected chi connectivity index (χ4v) is 2.48. The molecular formula is C14H16ClNO3. The van der Waals surface area contributed by atoms with Crippen LogP contribution in [-0.4, -0.2) is 41.4 Å². The number of hydrogen-bond donors (Lipinski definition) is 1. The van der Waals surface area contributed by atoms with Crippen molar-refractivity contribution in [1.82, 2.24) is 4.90 Å². The number of piperidine rings is 1. The van der Waals surface area contributed by atoms with Crippen molar-refractivity contribution in [1.29, 1.82) is 0 Å². The Balaban J connectivity index is 1.89. The minimum Gasteiger partial charge on any atom is -0.481 e. The maximum Gasteiger partial charge on any atom is 0.306 e. The van der Waals surface area contributed by atoms with Crippen LogP contribution in [0.3, 0.4) is 0 Å². The van der Waals surface area contributed by atoms with E-state index in [0.29, 0.717) is 43.1 Å². The molecule has 1 aliphatic heterocycles. The summed E-state index contributed by atoms with van der Waals surface area (Å²) >= 11 is 5.85. The number of carbonyl (C=O) groups excluding carboxylic acids is 1. The summed E-state index contributed by atoms with van der Waals surface area (Å²) in [7, 11) is 0. The van der Waals surface area contributed by atoms with Crippen molar-refractivity contribution in [3.8, 4) is 0 Å². The van der Waals surface area contributed by atoms with Crippen molar-refractivity contribution in [2.45, 2.75) is 12.8 Å². The van der Waals surface area contributed by atoms with Crippen molar-refractivity contribution in [2.24, 2.45) is 5.92 Å². The topological polar surface area (TPSA) is 57.6 Å². The first-order valence-corrected chi connectivity index (χ1v) is 6.68. The fourth-order valence-electron chi connectivity index (χ4n) is 2.29. The molecule has 0 spiro atoms. The van der Waals surface area contributed by atoms with Crippen LogP contribution in [0.15, 0.2) is 24.3 Å². The Morgan fingerprint density at radius 2 is 2.00 bits per heavy atom. The van der Waals surface area contributed by atoms with Gasteiger partial charge in [-0.05, 0) is 38.1 Å². The highest BCUT2D eigenvalue weighted by molar-refractivity contribution is 6.31. The third-order valence-corrected chi connectivity index (χ3v) is 3.69. The quantitative estimate of drug-likeness (QED) is 0.861. The molecule has 1 N–H and O–H groups in total. The molecule has 1 fully saturated rings. The molecule has 1 saturated heterocycles. The molecular weight excluding hydrogens is 266 g/mol. The highest BCUT2D eigenvalue weighted by Crippen LogP contribution is 2.18. The van der Waals surface area contributed by atoms with Crippen LogP contribution >= 0.6 is 11.6 Å². The third-order valence-electron chi connectivity index (χ3n) is 3.45. The Bertz CT molecular complexity index is 481. The Kier molecular flexibility index (Phi) is 4.56. The van der Waals surface area contributed by atoms with Gasteiger partial charge in [0.15, 0.2) is 5.78 Å². The number of likely N-dealkylation sites (tertiary alicyclic amines) is 1. The normalized spacial score (nSPS) is 17.3. The first-order chi connectivity index (χ1) is 9.06. The van der Waals surface area contributed by atoms with E-state index in [-0.39, 0.29) is 11.7 Å². The van der Waals surface area contributed by atoms with E-state index < -0.39 is 5.97 Å². The zero-order chi connectivity index (χ0) is 13.8. The van der Waals surface area contributed by atoms with E-state index in [2.05, 4.69) is 0 Å². The highest BCUT2D eigenvalue weighted by Gasteiger charge is 2.25. The summed E-state index contributed by atoms with van der Waals surface area (Å²) in [6.07, 6.45) is 1.22. The summed E-state index contributed by atoms with van der Waals surface area (Å²) in [5.41, 5.74) is 0.604. The molecule has 1 aromatic carbocycles. The summed E-state index contributed by atoms with van der Waals surface area (Å²) in [6, 6.07) is 6.90. The van der Waals surface area contributed by atoms with Crippen LogP contribution in [-0.2, 0) is 4.79 Å². The molecule has 102 valence electrons. The molecule has 0 atom stereocenters. The molecule has 1 aromatic rings. The lowest BCUT2D eigenvalue weighted by Crippen LogP contribution is -2.39. The van der Waals surface area contributed by atoms with Gasteiger partial charge < -0.3 is 5.11 Å². The van der Waals surface area contributed by atoms with Crippen molar-refractivity contribution < 1.29 is 14.7 Å². The van der Waals surface area contributed by atoms with Crippen molar-refractivity contribution in [2.75, 3.05) is 19.6 Å². The van der Waals surface area contributed by atoms with Gasteiger partial charge in [0.25, 0.3) is 0 Å². The third kappa shape index (κ3) is 3.78. The van der Waals surface area contributed by atoms with Gasteiger partial charge in [0.05, 0.1) is 12.5 Å². The largest absolute Gasteiger partial charge is 0.481 e. The second-order valence-electron chi connectivity index (χ2n) is 4.82. The number of carbonyl (C=O) groups is 2. The minimum atomic E-state index is -0.735. The molecule has 2 rings (SSSR count). The number of carboxylic acids is 1. The minimum absolute atomic E-state index is 0.0243. The second-order valence-corrected chi connectivity index (χ2v) is 5.26. The van der Waals surface area contributed by atoms with Gasteiger partial charge >= 0.3 is 5.97 Å². The van der Waals surface area contributed by atoms with Gasteiger partial charge in [-0.1, -0.05) is 23.7 Å². The van der Waals surface area contributed by atoms with E-state index >= 15 is 0 Å². The van der Waals surface area contributed by atoms with E-state index in [9.17, 15) is 9.59 Å². The lowest BCUT2D eigenvalue weighted by Gasteiger charge is -2.29. The average Bonchev–Trinajstić information content (AvgIpc) is 2.39. The summed E-state index contributed by atoms with van der Waals surface area (Å²) in [5.74, 6) is -0.977. The maximum absolute atomic E-state index is 12.1. The van der Waals surface area contributed by atoms with E-state index in [4.69, 9.17) is 16.7 Å². The van der Waals surface area contributed by atoms with Crippen LogP contribution in [0, 0.1) is 5.92 Å². The Hall–Kier alpha value is -1.39. The van der Waals surface area contributed by atoms with E-state index in [1.165, 1.54) is 0 Å². The van der Waals surface area contributed by atoms with Gasteiger partial charge in [0.2, 0.25) is 0 Å². The molecule has 0 amide bonds. The molecule has 1 heterocycles. The molecule has 4 nitrogen and oxygen atoms in total.